The summed E-state index contributed by atoms with van der Waals surface area (Å²) >= 11 is 0. The van der Waals surface area contributed by atoms with E-state index in [0.717, 1.165) is 26.1 Å². The van der Waals surface area contributed by atoms with E-state index in [1.807, 2.05) is 0 Å². The summed E-state index contributed by atoms with van der Waals surface area (Å²) in [5.41, 5.74) is 4.72. The van der Waals surface area contributed by atoms with Crippen LogP contribution in [-0.2, 0) is 23.1 Å². The van der Waals surface area contributed by atoms with Crippen LogP contribution in [0.4, 0.5) is 0 Å². The molecule has 0 radical (unpaired) electrons. The molecule has 1 aliphatic heterocycles. The van der Waals surface area contributed by atoms with Crippen LogP contribution >= 0.6 is 0 Å². The Morgan fingerprint density at radius 1 is 0.839 bits per heavy atom. The number of rotatable bonds is 9. The molecule has 1 atom stereocenters. The molecule has 31 heavy (non-hydrogen) atoms. The molecule has 0 amide bonds. The van der Waals surface area contributed by atoms with Gasteiger partial charge < -0.3 is 19.5 Å². The van der Waals surface area contributed by atoms with E-state index in [0.29, 0.717) is 0 Å². The van der Waals surface area contributed by atoms with Gasteiger partial charge in [-0.3, -0.25) is 0 Å². The normalized spacial score (nSPS) is 17.6. The molecular weight excluding hydrogens is 398 g/mol. The molecule has 0 spiro atoms. The van der Waals surface area contributed by atoms with Crippen molar-refractivity contribution in [2.24, 2.45) is 0 Å². The third kappa shape index (κ3) is 6.05. The molecule has 2 aromatic carbocycles. The summed E-state index contributed by atoms with van der Waals surface area (Å²) in [5.74, 6) is 0. The zero-order valence-electron chi connectivity index (χ0n) is 20.5. The van der Waals surface area contributed by atoms with Crippen molar-refractivity contribution in [2.45, 2.75) is 57.2 Å². The monoisotopic (exact) mass is 439 g/mol. The van der Waals surface area contributed by atoms with Crippen molar-refractivity contribution in [3.8, 4) is 0 Å². The molecule has 3 rings (SSSR count). The van der Waals surface area contributed by atoms with E-state index in [1.54, 1.807) is 0 Å². The van der Waals surface area contributed by atoms with Crippen LogP contribution in [0.3, 0.4) is 0 Å². The van der Waals surface area contributed by atoms with Gasteiger partial charge in [0.25, 0.3) is 0 Å². The molecule has 0 aromatic heterocycles. The number of nitrogens with zero attached hydrogens (tertiary/aromatic N) is 2. The summed E-state index contributed by atoms with van der Waals surface area (Å²) in [4.78, 5) is 4.42. The first-order valence-electron chi connectivity index (χ1n) is 11.5. The van der Waals surface area contributed by atoms with Crippen LogP contribution in [-0.4, -0.2) is 58.9 Å². The van der Waals surface area contributed by atoms with E-state index in [2.05, 4.69) is 111 Å². The molecule has 0 bridgehead atoms. The molecule has 1 fully saturated rings. The molecule has 4 nitrogen and oxygen atoms in total. The van der Waals surface area contributed by atoms with E-state index in [-0.39, 0.29) is 6.04 Å². The van der Waals surface area contributed by atoms with Gasteiger partial charge in [0, 0.05) is 19.1 Å². The van der Waals surface area contributed by atoms with Gasteiger partial charge in [-0.25, -0.2) is 0 Å². The van der Waals surface area contributed by atoms with Gasteiger partial charge in [-0.15, -0.1) is 0 Å². The van der Waals surface area contributed by atoms with Crippen molar-refractivity contribution in [1.82, 2.24) is 15.1 Å². The predicted molar refractivity (Wildman–Crippen MR) is 134 cm³/mol. The van der Waals surface area contributed by atoms with Crippen molar-refractivity contribution in [3.05, 3.63) is 70.8 Å². The second kappa shape index (κ2) is 9.97. The molecule has 0 saturated carbocycles. The zero-order valence-corrected chi connectivity index (χ0v) is 21.5. The summed E-state index contributed by atoms with van der Waals surface area (Å²) < 4.78 is 7.18. The Morgan fingerprint density at radius 2 is 1.29 bits per heavy atom. The van der Waals surface area contributed by atoms with Crippen molar-refractivity contribution in [3.63, 3.8) is 0 Å². The van der Waals surface area contributed by atoms with E-state index >= 15 is 0 Å². The number of nitrogens with one attached hydrogen (secondary N) is 1. The Labute approximate surface area is 190 Å². The van der Waals surface area contributed by atoms with Gasteiger partial charge in [0.2, 0.25) is 0 Å². The maximum atomic E-state index is 7.18. The van der Waals surface area contributed by atoms with Crippen LogP contribution in [0.1, 0.15) is 35.1 Å². The fraction of sp³-hybridized carbons (Fsp3) is 0.538. The molecule has 0 unspecified atom stereocenters. The van der Waals surface area contributed by atoms with Crippen molar-refractivity contribution >= 4 is 8.32 Å². The van der Waals surface area contributed by atoms with Crippen LogP contribution in [0.15, 0.2) is 48.5 Å². The number of benzene rings is 2. The molecule has 1 aliphatic rings. The second-order valence-corrected chi connectivity index (χ2v) is 14.9. The van der Waals surface area contributed by atoms with Gasteiger partial charge in [0.05, 0.1) is 0 Å². The first-order valence-corrected chi connectivity index (χ1v) is 14.9. The minimum absolute atomic E-state index is 0.277. The standard InChI is InChI=1S/C26H41N3OSi/c1-28(2)19-21-10-14-23(15-11-21)26(30-31(5,6)7,25-9-8-18-27-25)24-16-12-22(13-17-24)20-29(3)4/h10-17,25,27H,8-9,18-20H2,1-7H3/t25-/m1/s1. The van der Waals surface area contributed by atoms with Crippen molar-refractivity contribution < 1.29 is 4.43 Å². The predicted octanol–water partition coefficient (Wildman–Crippen LogP) is 4.66. The van der Waals surface area contributed by atoms with Gasteiger partial charge in [-0.2, -0.15) is 0 Å². The Kier molecular flexibility index (Phi) is 7.76. The van der Waals surface area contributed by atoms with Crippen LogP contribution in [0.2, 0.25) is 19.6 Å². The summed E-state index contributed by atoms with van der Waals surface area (Å²) in [6, 6.07) is 18.6. The molecule has 0 aliphatic carbocycles. The van der Waals surface area contributed by atoms with Crippen LogP contribution < -0.4 is 5.32 Å². The quantitative estimate of drug-likeness (QED) is 0.575. The lowest BCUT2D eigenvalue weighted by molar-refractivity contribution is 0.0639. The zero-order chi connectivity index (χ0) is 22.6. The van der Waals surface area contributed by atoms with Crippen LogP contribution in [0.25, 0.3) is 0 Å². The van der Waals surface area contributed by atoms with Crippen molar-refractivity contribution in [2.75, 3.05) is 34.7 Å². The molecule has 5 heteroatoms. The summed E-state index contributed by atoms with van der Waals surface area (Å²) in [7, 11) is 6.60. The third-order valence-corrected chi connectivity index (χ3v) is 6.72. The van der Waals surface area contributed by atoms with E-state index in [1.165, 1.54) is 28.7 Å². The first kappa shape index (κ1) is 24.1. The Hall–Kier alpha value is -1.50. The topological polar surface area (TPSA) is 27.7 Å². The molecule has 1 N–H and O–H groups in total. The lowest BCUT2D eigenvalue weighted by Crippen LogP contribution is -2.53. The summed E-state index contributed by atoms with van der Waals surface area (Å²) in [6.45, 7) is 9.86. The molecule has 1 saturated heterocycles. The van der Waals surface area contributed by atoms with Crippen molar-refractivity contribution in [1.29, 1.82) is 0 Å². The third-order valence-electron chi connectivity index (χ3n) is 5.78. The Morgan fingerprint density at radius 3 is 1.61 bits per heavy atom. The van der Waals surface area contributed by atoms with Crippen LogP contribution in [0, 0.1) is 0 Å². The maximum Gasteiger partial charge on any atom is 0.185 e. The van der Waals surface area contributed by atoms with E-state index < -0.39 is 13.9 Å². The molecular formula is C26H41N3OSi. The highest BCUT2D eigenvalue weighted by Gasteiger charge is 2.47. The Bertz CT molecular complexity index is 766. The minimum Gasteiger partial charge on any atom is -0.403 e. The first-order chi connectivity index (χ1) is 14.6. The largest absolute Gasteiger partial charge is 0.403 e. The SMILES string of the molecule is CN(C)Cc1ccc(C(O[Si](C)(C)C)(c2ccc(CN(C)C)cc2)[C@H]2CCCN2)cc1. The second-order valence-electron chi connectivity index (χ2n) is 10.5. The fourth-order valence-corrected chi connectivity index (χ4v) is 6.06. The smallest absolute Gasteiger partial charge is 0.185 e. The van der Waals surface area contributed by atoms with Gasteiger partial charge in [0.15, 0.2) is 8.32 Å². The lowest BCUT2D eigenvalue weighted by atomic mass is 9.79. The van der Waals surface area contributed by atoms with E-state index in [4.69, 9.17) is 4.43 Å². The number of hydrogen-bond acceptors (Lipinski definition) is 4. The van der Waals surface area contributed by atoms with Gasteiger partial charge >= 0.3 is 0 Å². The highest BCUT2D eigenvalue weighted by Crippen LogP contribution is 2.42. The molecule has 170 valence electrons. The summed E-state index contributed by atoms with van der Waals surface area (Å²) in [5, 5.41) is 3.79. The van der Waals surface area contributed by atoms with E-state index in [9.17, 15) is 0 Å². The fourth-order valence-electron chi connectivity index (χ4n) is 4.72. The average molecular weight is 440 g/mol. The summed E-state index contributed by atoms with van der Waals surface area (Å²) in [6.07, 6.45) is 2.32. The Balaban J connectivity index is 2.11. The molecule has 1 heterocycles. The average Bonchev–Trinajstić information content (AvgIpc) is 3.21. The van der Waals surface area contributed by atoms with Gasteiger partial charge in [-0.1, -0.05) is 48.5 Å². The number of hydrogen-bond donors (Lipinski definition) is 1. The van der Waals surface area contributed by atoms with Gasteiger partial charge in [-0.05, 0) is 89.5 Å². The minimum atomic E-state index is -1.86. The van der Waals surface area contributed by atoms with Gasteiger partial charge in [0.1, 0.15) is 5.60 Å². The van der Waals surface area contributed by atoms with Crippen LogP contribution in [0.5, 0.6) is 0 Å². The maximum absolute atomic E-state index is 7.18. The molecule has 2 aromatic rings. The lowest BCUT2D eigenvalue weighted by Gasteiger charge is -2.44. The highest BCUT2D eigenvalue weighted by atomic mass is 28.4. The highest BCUT2D eigenvalue weighted by molar-refractivity contribution is 6.69.